The fraction of sp³-hybridized carbons (Fsp3) is 0.583. The van der Waals surface area contributed by atoms with Gasteiger partial charge in [0.2, 0.25) is 0 Å². The molecule has 1 unspecified atom stereocenters. The molecule has 4 N–H and O–H groups in total. The molecule has 0 radical (unpaired) electrons. The summed E-state index contributed by atoms with van der Waals surface area (Å²) in [6.07, 6.45) is 4.88. The van der Waals surface area contributed by atoms with Crippen molar-refractivity contribution < 1.29 is 19.4 Å². The predicted molar refractivity (Wildman–Crippen MR) is 69.2 cm³/mol. The molecule has 1 saturated heterocycles. The number of carboxylic acids is 1. The molecule has 2 atom stereocenters. The number of rotatable bonds is 5. The Morgan fingerprint density at radius 2 is 2.45 bits per heavy atom. The van der Waals surface area contributed by atoms with Gasteiger partial charge in [0.05, 0.1) is 19.0 Å². The SMILES string of the molecule is O=C(NC1CCCOC1)N[C@H](Cc1cnc[nH]1)C(=O)O. The Morgan fingerprint density at radius 1 is 1.60 bits per heavy atom. The number of urea groups is 1. The topological polar surface area (TPSA) is 116 Å². The van der Waals surface area contributed by atoms with Gasteiger partial charge in [0.1, 0.15) is 6.04 Å². The molecule has 2 heterocycles. The maximum absolute atomic E-state index is 11.8. The monoisotopic (exact) mass is 282 g/mol. The number of aliphatic carboxylic acids is 1. The van der Waals surface area contributed by atoms with Crippen molar-refractivity contribution >= 4 is 12.0 Å². The molecule has 1 aromatic rings. The van der Waals surface area contributed by atoms with Crippen LogP contribution in [0.4, 0.5) is 4.79 Å². The number of nitrogens with one attached hydrogen (secondary N) is 3. The van der Waals surface area contributed by atoms with Gasteiger partial charge in [0.25, 0.3) is 0 Å². The molecule has 0 aromatic carbocycles. The van der Waals surface area contributed by atoms with Crippen molar-refractivity contribution in [2.45, 2.75) is 31.3 Å². The quantitative estimate of drug-likeness (QED) is 0.601. The molecular formula is C12H18N4O4. The highest BCUT2D eigenvalue weighted by Gasteiger charge is 2.23. The average molecular weight is 282 g/mol. The predicted octanol–water partition coefficient (Wildman–Crippen LogP) is -0.116. The number of nitrogens with zero attached hydrogens (tertiary/aromatic N) is 1. The van der Waals surface area contributed by atoms with Crippen molar-refractivity contribution in [1.29, 1.82) is 0 Å². The van der Waals surface area contributed by atoms with Gasteiger partial charge in [-0.2, -0.15) is 0 Å². The second kappa shape index (κ2) is 6.90. The van der Waals surface area contributed by atoms with Crippen LogP contribution in [0.5, 0.6) is 0 Å². The van der Waals surface area contributed by atoms with E-state index in [1.165, 1.54) is 12.5 Å². The third kappa shape index (κ3) is 4.23. The first-order chi connectivity index (χ1) is 9.65. The molecule has 1 aliphatic rings. The fourth-order valence-corrected chi connectivity index (χ4v) is 2.06. The van der Waals surface area contributed by atoms with Crippen molar-refractivity contribution in [3.8, 4) is 0 Å². The second-order valence-electron chi connectivity index (χ2n) is 4.70. The number of ether oxygens (including phenoxy) is 1. The van der Waals surface area contributed by atoms with Gasteiger partial charge in [-0.05, 0) is 12.8 Å². The number of carbonyl (C=O) groups excluding carboxylic acids is 1. The highest BCUT2D eigenvalue weighted by Crippen LogP contribution is 2.05. The van der Waals surface area contributed by atoms with Gasteiger partial charge in [-0.1, -0.05) is 0 Å². The summed E-state index contributed by atoms with van der Waals surface area (Å²) in [7, 11) is 0. The zero-order chi connectivity index (χ0) is 14.4. The summed E-state index contributed by atoms with van der Waals surface area (Å²) in [4.78, 5) is 29.6. The van der Waals surface area contributed by atoms with Crippen molar-refractivity contribution in [2.75, 3.05) is 13.2 Å². The van der Waals surface area contributed by atoms with E-state index < -0.39 is 18.0 Å². The highest BCUT2D eigenvalue weighted by atomic mass is 16.5. The first-order valence-corrected chi connectivity index (χ1v) is 6.50. The number of aromatic nitrogens is 2. The summed E-state index contributed by atoms with van der Waals surface area (Å²) in [6, 6.07) is -1.56. The van der Waals surface area contributed by atoms with Gasteiger partial charge < -0.3 is 25.5 Å². The molecule has 0 saturated carbocycles. The van der Waals surface area contributed by atoms with Crippen LogP contribution in [0.25, 0.3) is 0 Å². The van der Waals surface area contributed by atoms with Gasteiger partial charge in [0, 0.05) is 24.9 Å². The van der Waals surface area contributed by atoms with Gasteiger partial charge in [-0.3, -0.25) is 0 Å². The first kappa shape index (κ1) is 14.3. The van der Waals surface area contributed by atoms with Crippen LogP contribution in [0.2, 0.25) is 0 Å². The number of H-pyrrole nitrogens is 1. The third-order valence-electron chi connectivity index (χ3n) is 3.08. The van der Waals surface area contributed by atoms with E-state index in [0.717, 1.165) is 12.8 Å². The molecular weight excluding hydrogens is 264 g/mol. The normalized spacial score (nSPS) is 20.1. The molecule has 8 heteroatoms. The summed E-state index contributed by atoms with van der Waals surface area (Å²) >= 11 is 0. The third-order valence-corrected chi connectivity index (χ3v) is 3.08. The number of amides is 2. The van der Waals surface area contributed by atoms with Crippen molar-refractivity contribution in [1.82, 2.24) is 20.6 Å². The lowest BCUT2D eigenvalue weighted by Gasteiger charge is -2.24. The Balaban J connectivity index is 1.83. The van der Waals surface area contributed by atoms with Crippen LogP contribution in [0.15, 0.2) is 12.5 Å². The van der Waals surface area contributed by atoms with Crippen molar-refractivity contribution in [3.05, 3.63) is 18.2 Å². The molecule has 20 heavy (non-hydrogen) atoms. The van der Waals surface area contributed by atoms with Crippen molar-refractivity contribution in [3.63, 3.8) is 0 Å². The van der Waals surface area contributed by atoms with E-state index >= 15 is 0 Å². The minimum Gasteiger partial charge on any atom is -0.480 e. The van der Waals surface area contributed by atoms with E-state index in [1.807, 2.05) is 0 Å². The summed E-state index contributed by atoms with van der Waals surface area (Å²) < 4.78 is 5.25. The minimum atomic E-state index is -1.09. The molecule has 0 bridgehead atoms. The Kier molecular flexibility index (Phi) is 4.94. The van der Waals surface area contributed by atoms with Crippen LogP contribution in [0.3, 0.4) is 0 Å². The lowest BCUT2D eigenvalue weighted by molar-refractivity contribution is -0.139. The number of hydrogen-bond acceptors (Lipinski definition) is 4. The highest BCUT2D eigenvalue weighted by molar-refractivity contribution is 5.82. The Morgan fingerprint density at radius 3 is 3.05 bits per heavy atom. The van der Waals surface area contributed by atoms with E-state index in [0.29, 0.717) is 18.9 Å². The molecule has 1 aromatic heterocycles. The van der Waals surface area contributed by atoms with Gasteiger partial charge >= 0.3 is 12.0 Å². The number of aromatic amines is 1. The largest absolute Gasteiger partial charge is 0.480 e. The summed E-state index contributed by atoms with van der Waals surface area (Å²) in [5.74, 6) is -1.09. The van der Waals surface area contributed by atoms with E-state index in [4.69, 9.17) is 9.84 Å². The zero-order valence-electron chi connectivity index (χ0n) is 11.0. The molecule has 2 rings (SSSR count). The van der Waals surface area contributed by atoms with Crippen LogP contribution in [0.1, 0.15) is 18.5 Å². The van der Waals surface area contributed by atoms with Crippen LogP contribution < -0.4 is 10.6 Å². The van der Waals surface area contributed by atoms with Crippen LogP contribution in [-0.2, 0) is 16.0 Å². The van der Waals surface area contributed by atoms with Crippen LogP contribution in [-0.4, -0.2) is 52.4 Å². The summed E-state index contributed by atoms with van der Waals surface area (Å²) in [6.45, 7) is 1.17. The smallest absolute Gasteiger partial charge is 0.326 e. The van der Waals surface area contributed by atoms with E-state index in [-0.39, 0.29) is 12.5 Å². The standard InChI is InChI=1S/C12H18N4O4/c17-11(18)10(4-9-5-13-7-14-9)16-12(19)15-8-2-1-3-20-6-8/h5,7-8,10H,1-4,6H2,(H,13,14)(H,17,18)(H2,15,16,19)/t8?,10-/m1/s1. The number of imidazole rings is 1. The lowest BCUT2D eigenvalue weighted by Crippen LogP contribution is -2.51. The lowest BCUT2D eigenvalue weighted by atomic mass is 10.1. The Hall–Kier alpha value is -2.09. The fourth-order valence-electron chi connectivity index (χ4n) is 2.06. The number of hydrogen-bond donors (Lipinski definition) is 4. The van der Waals surface area contributed by atoms with E-state index in [2.05, 4.69) is 20.6 Å². The Labute approximate surface area is 115 Å². The van der Waals surface area contributed by atoms with E-state index in [1.54, 1.807) is 0 Å². The summed E-state index contributed by atoms with van der Waals surface area (Å²) in [5, 5.41) is 14.3. The van der Waals surface area contributed by atoms with Crippen molar-refractivity contribution in [2.24, 2.45) is 0 Å². The first-order valence-electron chi connectivity index (χ1n) is 6.50. The molecule has 8 nitrogen and oxygen atoms in total. The van der Waals surface area contributed by atoms with Gasteiger partial charge in [-0.25, -0.2) is 14.6 Å². The molecule has 0 aliphatic carbocycles. The number of carbonyl (C=O) groups is 2. The molecule has 2 amide bonds. The zero-order valence-corrected chi connectivity index (χ0v) is 11.0. The molecule has 110 valence electrons. The van der Waals surface area contributed by atoms with Gasteiger partial charge in [-0.15, -0.1) is 0 Å². The van der Waals surface area contributed by atoms with E-state index in [9.17, 15) is 9.59 Å². The molecule has 1 aliphatic heterocycles. The maximum Gasteiger partial charge on any atom is 0.326 e. The Bertz CT molecular complexity index is 442. The minimum absolute atomic E-state index is 0.0645. The summed E-state index contributed by atoms with van der Waals surface area (Å²) in [5.41, 5.74) is 0.652. The molecule has 0 spiro atoms. The number of carboxylic acid groups (broad SMARTS) is 1. The van der Waals surface area contributed by atoms with Crippen LogP contribution >= 0.6 is 0 Å². The van der Waals surface area contributed by atoms with Gasteiger partial charge in [0.15, 0.2) is 0 Å². The van der Waals surface area contributed by atoms with Crippen LogP contribution in [0, 0.1) is 0 Å². The second-order valence-corrected chi connectivity index (χ2v) is 4.70. The average Bonchev–Trinajstić information content (AvgIpc) is 2.92. The maximum atomic E-state index is 11.8. The molecule has 1 fully saturated rings.